The van der Waals surface area contributed by atoms with Crippen molar-refractivity contribution in [3.63, 3.8) is 0 Å². The van der Waals surface area contributed by atoms with Crippen molar-refractivity contribution in [3.05, 3.63) is 29.3 Å². The van der Waals surface area contributed by atoms with Crippen LogP contribution in [0.1, 0.15) is 36.9 Å². The van der Waals surface area contributed by atoms with Crippen LogP contribution in [0.4, 0.5) is 0 Å². The van der Waals surface area contributed by atoms with E-state index in [4.69, 9.17) is 15.2 Å². The number of fused-ring (bicyclic) bond motifs is 1. The number of methoxy groups -OCH3 is 1. The van der Waals surface area contributed by atoms with Crippen molar-refractivity contribution < 1.29 is 9.47 Å². The zero-order chi connectivity index (χ0) is 12.5. The Balaban J connectivity index is 2.23. The number of aryl methyl sites for hydroxylation is 1. The predicted octanol–water partition coefficient (Wildman–Crippen LogP) is 2.57. The van der Waals surface area contributed by atoms with Crippen molar-refractivity contribution in [1.29, 1.82) is 0 Å². The Hall–Kier alpha value is -1.06. The van der Waals surface area contributed by atoms with Gasteiger partial charge in [-0.3, -0.25) is 0 Å². The van der Waals surface area contributed by atoms with Crippen LogP contribution < -0.4 is 10.5 Å². The zero-order valence-electron chi connectivity index (χ0n) is 10.8. The van der Waals surface area contributed by atoms with Crippen LogP contribution in [-0.4, -0.2) is 19.3 Å². The highest BCUT2D eigenvalue weighted by Gasteiger charge is 2.35. The third-order valence-corrected chi connectivity index (χ3v) is 3.41. The number of nitrogens with two attached hydrogens (primary N) is 1. The number of ether oxygens (including phenoxy) is 2. The first kappa shape index (κ1) is 12.4. The summed E-state index contributed by atoms with van der Waals surface area (Å²) in [5.74, 6) is 0.924. The molecule has 2 N–H and O–H groups in total. The lowest BCUT2D eigenvalue weighted by Crippen LogP contribution is -2.41. The Morgan fingerprint density at radius 3 is 3.00 bits per heavy atom. The van der Waals surface area contributed by atoms with Crippen molar-refractivity contribution in [2.24, 2.45) is 5.73 Å². The average Bonchev–Trinajstić information content (AvgIpc) is 2.28. The zero-order valence-corrected chi connectivity index (χ0v) is 10.8. The van der Waals surface area contributed by atoms with Gasteiger partial charge in [0.25, 0.3) is 0 Å². The van der Waals surface area contributed by atoms with E-state index in [1.54, 1.807) is 7.11 Å². The van der Waals surface area contributed by atoms with Crippen LogP contribution >= 0.6 is 0 Å². The largest absolute Gasteiger partial charge is 0.487 e. The minimum absolute atomic E-state index is 0.0560. The van der Waals surface area contributed by atoms with Gasteiger partial charge in [-0.1, -0.05) is 17.7 Å². The molecular weight excluding hydrogens is 214 g/mol. The van der Waals surface area contributed by atoms with Crippen LogP contribution in [0.15, 0.2) is 18.2 Å². The molecule has 94 valence electrons. The van der Waals surface area contributed by atoms with E-state index in [1.807, 2.05) is 6.07 Å². The van der Waals surface area contributed by atoms with E-state index in [1.165, 1.54) is 5.56 Å². The molecular formula is C14H21NO2. The summed E-state index contributed by atoms with van der Waals surface area (Å²) in [7, 11) is 1.71. The fourth-order valence-corrected chi connectivity index (χ4v) is 2.40. The third kappa shape index (κ3) is 2.61. The minimum atomic E-state index is -0.211. The molecule has 17 heavy (non-hydrogen) atoms. The lowest BCUT2D eigenvalue weighted by molar-refractivity contribution is 0.0215. The fraction of sp³-hybridized carbons (Fsp3) is 0.571. The molecule has 2 unspecified atom stereocenters. The van der Waals surface area contributed by atoms with Gasteiger partial charge in [0.2, 0.25) is 0 Å². The standard InChI is InChI=1S/C14H21NO2/c1-10-4-5-13-11(8-10)12(15)9-14(2,17-13)6-7-16-3/h4-5,8,12H,6-7,9,15H2,1-3H3. The second-order valence-corrected chi connectivity index (χ2v) is 5.15. The maximum absolute atomic E-state index is 6.24. The number of hydrogen-bond acceptors (Lipinski definition) is 3. The Bertz CT molecular complexity index is 405. The van der Waals surface area contributed by atoms with E-state index in [0.717, 1.165) is 24.2 Å². The molecule has 1 aromatic carbocycles. The summed E-state index contributed by atoms with van der Waals surface area (Å²) in [5.41, 5.74) is 8.38. The Labute approximate surface area is 103 Å². The molecule has 1 heterocycles. The van der Waals surface area contributed by atoms with Gasteiger partial charge in [-0.15, -0.1) is 0 Å². The first-order valence-electron chi connectivity index (χ1n) is 6.08. The van der Waals surface area contributed by atoms with Crippen LogP contribution in [0.5, 0.6) is 5.75 Å². The van der Waals surface area contributed by atoms with E-state index in [0.29, 0.717) is 6.61 Å². The molecule has 0 bridgehead atoms. The highest BCUT2D eigenvalue weighted by atomic mass is 16.5. The topological polar surface area (TPSA) is 44.5 Å². The van der Waals surface area contributed by atoms with E-state index >= 15 is 0 Å². The fourth-order valence-electron chi connectivity index (χ4n) is 2.40. The van der Waals surface area contributed by atoms with Gasteiger partial charge in [-0.2, -0.15) is 0 Å². The summed E-state index contributed by atoms with van der Waals surface area (Å²) in [5, 5.41) is 0. The highest BCUT2D eigenvalue weighted by Crippen LogP contribution is 2.40. The van der Waals surface area contributed by atoms with E-state index in [-0.39, 0.29) is 11.6 Å². The summed E-state index contributed by atoms with van der Waals surface area (Å²) >= 11 is 0. The van der Waals surface area contributed by atoms with Crippen molar-refractivity contribution >= 4 is 0 Å². The van der Waals surface area contributed by atoms with Gasteiger partial charge < -0.3 is 15.2 Å². The monoisotopic (exact) mass is 235 g/mol. The molecule has 0 radical (unpaired) electrons. The van der Waals surface area contributed by atoms with Crippen molar-refractivity contribution in [1.82, 2.24) is 0 Å². The van der Waals surface area contributed by atoms with Gasteiger partial charge in [0.1, 0.15) is 11.4 Å². The van der Waals surface area contributed by atoms with Crippen molar-refractivity contribution in [2.75, 3.05) is 13.7 Å². The normalized spacial score (nSPS) is 27.4. The summed E-state index contributed by atoms with van der Waals surface area (Å²) < 4.78 is 11.2. The number of rotatable bonds is 3. The molecule has 0 saturated heterocycles. The van der Waals surface area contributed by atoms with Gasteiger partial charge in [0.05, 0.1) is 0 Å². The van der Waals surface area contributed by atoms with Crippen molar-refractivity contribution in [3.8, 4) is 5.75 Å². The van der Waals surface area contributed by atoms with E-state index in [2.05, 4.69) is 26.0 Å². The molecule has 0 fully saturated rings. The molecule has 1 aliphatic heterocycles. The van der Waals surface area contributed by atoms with E-state index < -0.39 is 0 Å². The smallest absolute Gasteiger partial charge is 0.124 e. The van der Waals surface area contributed by atoms with Gasteiger partial charge in [-0.25, -0.2) is 0 Å². The molecule has 0 spiro atoms. The second kappa shape index (κ2) is 4.67. The van der Waals surface area contributed by atoms with Crippen molar-refractivity contribution in [2.45, 2.75) is 38.3 Å². The van der Waals surface area contributed by atoms with Crippen LogP contribution in [0.25, 0.3) is 0 Å². The summed E-state index contributed by atoms with van der Waals surface area (Å²) in [6.07, 6.45) is 1.71. The van der Waals surface area contributed by atoms with E-state index in [9.17, 15) is 0 Å². The second-order valence-electron chi connectivity index (χ2n) is 5.15. The van der Waals surface area contributed by atoms with Crippen LogP contribution in [-0.2, 0) is 4.74 Å². The lowest BCUT2D eigenvalue weighted by atomic mass is 9.86. The molecule has 0 saturated carbocycles. The highest BCUT2D eigenvalue weighted by molar-refractivity contribution is 5.41. The number of hydrogen-bond donors (Lipinski definition) is 1. The SMILES string of the molecule is COCCC1(C)CC(N)c2cc(C)ccc2O1. The average molecular weight is 235 g/mol. The predicted molar refractivity (Wildman–Crippen MR) is 68.3 cm³/mol. The lowest BCUT2D eigenvalue weighted by Gasteiger charge is -2.39. The first-order chi connectivity index (χ1) is 8.04. The molecule has 3 nitrogen and oxygen atoms in total. The molecule has 2 atom stereocenters. The molecule has 0 aliphatic carbocycles. The molecule has 2 rings (SSSR count). The van der Waals surface area contributed by atoms with Crippen LogP contribution in [0.3, 0.4) is 0 Å². The maximum Gasteiger partial charge on any atom is 0.124 e. The maximum atomic E-state index is 6.24. The third-order valence-electron chi connectivity index (χ3n) is 3.41. The molecule has 0 aromatic heterocycles. The quantitative estimate of drug-likeness (QED) is 0.875. The summed E-state index contributed by atoms with van der Waals surface area (Å²) in [4.78, 5) is 0. The molecule has 1 aromatic rings. The van der Waals surface area contributed by atoms with Gasteiger partial charge in [-0.05, 0) is 19.9 Å². The molecule has 0 amide bonds. The summed E-state index contributed by atoms with van der Waals surface area (Å²) in [6.45, 7) is 4.88. The Morgan fingerprint density at radius 2 is 2.29 bits per heavy atom. The molecule has 3 heteroatoms. The first-order valence-corrected chi connectivity index (χ1v) is 6.08. The minimum Gasteiger partial charge on any atom is -0.487 e. The number of benzene rings is 1. The van der Waals surface area contributed by atoms with Gasteiger partial charge in [0, 0.05) is 38.2 Å². The Morgan fingerprint density at radius 1 is 1.53 bits per heavy atom. The summed E-state index contributed by atoms with van der Waals surface area (Å²) in [6, 6.07) is 6.26. The van der Waals surface area contributed by atoms with Gasteiger partial charge in [0.15, 0.2) is 0 Å². The van der Waals surface area contributed by atoms with Gasteiger partial charge >= 0.3 is 0 Å². The molecule has 1 aliphatic rings. The van der Waals surface area contributed by atoms with Crippen LogP contribution in [0, 0.1) is 6.92 Å². The Kier molecular flexibility index (Phi) is 3.40. The van der Waals surface area contributed by atoms with Crippen LogP contribution in [0.2, 0.25) is 0 Å².